The van der Waals surface area contributed by atoms with Crippen LogP contribution in [0.4, 0.5) is 11.4 Å². The van der Waals surface area contributed by atoms with Gasteiger partial charge in [0.2, 0.25) is 0 Å². The van der Waals surface area contributed by atoms with E-state index in [2.05, 4.69) is 56.1 Å². The van der Waals surface area contributed by atoms with Crippen molar-refractivity contribution in [2.24, 2.45) is 0 Å². The van der Waals surface area contributed by atoms with Crippen LogP contribution in [0.1, 0.15) is 56.7 Å². The Balaban J connectivity index is 1.93. The molecular formula is C26H31N3O2. The van der Waals surface area contributed by atoms with Gasteiger partial charge < -0.3 is 15.0 Å². The van der Waals surface area contributed by atoms with Crippen molar-refractivity contribution in [1.82, 2.24) is 0 Å². The summed E-state index contributed by atoms with van der Waals surface area (Å²) in [5.74, 6) is 0.686. The molecule has 2 aromatic carbocycles. The van der Waals surface area contributed by atoms with E-state index in [0.29, 0.717) is 17.4 Å². The van der Waals surface area contributed by atoms with Crippen molar-refractivity contribution in [1.29, 1.82) is 5.26 Å². The van der Waals surface area contributed by atoms with E-state index in [1.54, 1.807) is 37.5 Å². The third-order valence-electron chi connectivity index (χ3n) is 6.10. The largest absolute Gasteiger partial charge is 0.497 e. The Morgan fingerprint density at radius 2 is 2.00 bits per heavy atom. The Hall–Kier alpha value is -3.26. The molecule has 1 N–H and O–H groups in total. The lowest BCUT2D eigenvalue weighted by Crippen LogP contribution is -2.48. The first-order valence-electron chi connectivity index (χ1n) is 10.7. The maximum atomic E-state index is 12.7. The van der Waals surface area contributed by atoms with Gasteiger partial charge in [0.1, 0.15) is 17.4 Å². The number of hydrogen-bond donors (Lipinski definition) is 1. The van der Waals surface area contributed by atoms with Gasteiger partial charge in [0.15, 0.2) is 0 Å². The van der Waals surface area contributed by atoms with E-state index >= 15 is 0 Å². The van der Waals surface area contributed by atoms with Crippen LogP contribution in [0.5, 0.6) is 5.75 Å². The Labute approximate surface area is 185 Å². The molecule has 1 atom stereocenters. The summed E-state index contributed by atoms with van der Waals surface area (Å²) in [5, 5.41) is 12.4. The number of methoxy groups -OCH3 is 1. The molecule has 0 fully saturated rings. The van der Waals surface area contributed by atoms with Gasteiger partial charge >= 0.3 is 0 Å². The molecule has 1 heterocycles. The highest BCUT2D eigenvalue weighted by Crippen LogP contribution is 2.44. The SMILES string of the molecule is CCN1c2cc(C)c(/C=C(/C#N)C(=O)Nc3ccc(OC)cc3)cc2[C@@H](C)CC1(C)C. The standard InChI is InChI=1S/C26H31N3O2/c1-7-29-24-12-17(2)19(14-23(24)18(3)15-26(29,4)5)13-20(16-27)25(30)28-21-8-10-22(31-6)11-9-21/h8-14,18H,7,15H2,1-6H3,(H,28,30)/b20-13-/t18-/m0/s1. The van der Waals surface area contributed by atoms with Crippen molar-refractivity contribution >= 4 is 23.4 Å². The van der Waals surface area contributed by atoms with Gasteiger partial charge in [-0.05, 0) is 99.2 Å². The molecule has 0 spiro atoms. The van der Waals surface area contributed by atoms with Crippen LogP contribution in [0, 0.1) is 18.3 Å². The molecule has 0 saturated heterocycles. The number of nitriles is 1. The minimum absolute atomic E-state index is 0.0787. The van der Waals surface area contributed by atoms with Gasteiger partial charge in [-0.25, -0.2) is 0 Å². The molecular weight excluding hydrogens is 386 g/mol. The summed E-state index contributed by atoms with van der Waals surface area (Å²) in [6.07, 6.45) is 2.75. The van der Waals surface area contributed by atoms with E-state index in [9.17, 15) is 10.1 Å². The van der Waals surface area contributed by atoms with E-state index < -0.39 is 5.91 Å². The minimum atomic E-state index is -0.422. The average molecular weight is 418 g/mol. The van der Waals surface area contributed by atoms with Gasteiger partial charge in [-0.3, -0.25) is 4.79 Å². The fraction of sp³-hybridized carbons (Fsp3) is 0.385. The number of benzene rings is 2. The highest BCUT2D eigenvalue weighted by atomic mass is 16.5. The van der Waals surface area contributed by atoms with Crippen LogP contribution in [0.3, 0.4) is 0 Å². The third-order valence-corrected chi connectivity index (χ3v) is 6.10. The number of carbonyl (C=O) groups is 1. The van der Waals surface area contributed by atoms with Crippen LogP contribution < -0.4 is 15.0 Å². The zero-order chi connectivity index (χ0) is 22.8. The molecule has 162 valence electrons. The molecule has 1 amide bonds. The molecule has 5 heteroatoms. The van der Waals surface area contributed by atoms with E-state index in [1.165, 1.54) is 11.3 Å². The Morgan fingerprint density at radius 1 is 1.32 bits per heavy atom. The Morgan fingerprint density at radius 3 is 2.58 bits per heavy atom. The maximum Gasteiger partial charge on any atom is 0.266 e. The highest BCUT2D eigenvalue weighted by molar-refractivity contribution is 6.09. The molecule has 0 aromatic heterocycles. The molecule has 1 aliphatic heterocycles. The van der Waals surface area contributed by atoms with Crippen LogP contribution in [-0.2, 0) is 4.79 Å². The van der Waals surface area contributed by atoms with E-state index in [4.69, 9.17) is 4.74 Å². The second kappa shape index (κ2) is 8.85. The smallest absolute Gasteiger partial charge is 0.266 e. The number of anilines is 2. The number of ether oxygens (including phenoxy) is 1. The maximum absolute atomic E-state index is 12.7. The normalized spacial score (nSPS) is 17.5. The fourth-order valence-corrected chi connectivity index (χ4v) is 4.58. The minimum Gasteiger partial charge on any atom is -0.497 e. The van der Waals surface area contributed by atoms with Gasteiger partial charge in [-0.2, -0.15) is 5.26 Å². The zero-order valence-corrected chi connectivity index (χ0v) is 19.2. The van der Waals surface area contributed by atoms with Crippen LogP contribution in [0.15, 0.2) is 42.0 Å². The van der Waals surface area contributed by atoms with Crippen molar-refractivity contribution in [3.05, 3.63) is 58.7 Å². The summed E-state index contributed by atoms with van der Waals surface area (Å²) < 4.78 is 5.14. The summed E-state index contributed by atoms with van der Waals surface area (Å²) in [5.41, 5.74) is 5.27. The molecule has 5 nitrogen and oxygen atoms in total. The van der Waals surface area contributed by atoms with Gasteiger partial charge in [-0.1, -0.05) is 6.92 Å². The van der Waals surface area contributed by atoms with Crippen LogP contribution in [0.25, 0.3) is 6.08 Å². The third kappa shape index (κ3) is 4.59. The highest BCUT2D eigenvalue weighted by Gasteiger charge is 2.35. The fourth-order valence-electron chi connectivity index (χ4n) is 4.58. The molecule has 0 aliphatic carbocycles. The summed E-state index contributed by atoms with van der Waals surface area (Å²) in [6.45, 7) is 12.0. The molecule has 0 bridgehead atoms. The lowest BCUT2D eigenvalue weighted by molar-refractivity contribution is -0.112. The number of hydrogen-bond acceptors (Lipinski definition) is 4. The first-order valence-corrected chi connectivity index (χ1v) is 10.7. The quantitative estimate of drug-likeness (QED) is 0.503. The van der Waals surface area contributed by atoms with E-state index in [1.807, 2.05) is 6.92 Å². The molecule has 3 rings (SSSR count). The Bertz CT molecular complexity index is 1050. The van der Waals surface area contributed by atoms with Crippen molar-refractivity contribution in [3.8, 4) is 11.8 Å². The number of nitrogens with zero attached hydrogens (tertiary/aromatic N) is 2. The predicted octanol–water partition coefficient (Wildman–Crippen LogP) is 5.66. The lowest BCUT2D eigenvalue weighted by atomic mass is 9.79. The van der Waals surface area contributed by atoms with Crippen molar-refractivity contribution in [3.63, 3.8) is 0 Å². The number of aryl methyl sites for hydroxylation is 1. The summed E-state index contributed by atoms with van der Waals surface area (Å²) in [6, 6.07) is 13.4. The summed E-state index contributed by atoms with van der Waals surface area (Å²) >= 11 is 0. The second-order valence-corrected chi connectivity index (χ2v) is 8.78. The average Bonchev–Trinajstić information content (AvgIpc) is 2.72. The van der Waals surface area contributed by atoms with Crippen molar-refractivity contribution < 1.29 is 9.53 Å². The first kappa shape index (κ1) is 22.4. The van der Waals surface area contributed by atoms with E-state index in [0.717, 1.165) is 24.1 Å². The summed E-state index contributed by atoms with van der Waals surface area (Å²) in [4.78, 5) is 15.2. The Kier molecular flexibility index (Phi) is 6.40. The number of nitrogens with one attached hydrogen (secondary N) is 1. The molecule has 0 radical (unpaired) electrons. The van der Waals surface area contributed by atoms with Crippen LogP contribution in [-0.4, -0.2) is 25.1 Å². The van der Waals surface area contributed by atoms with Crippen LogP contribution >= 0.6 is 0 Å². The van der Waals surface area contributed by atoms with E-state index in [-0.39, 0.29) is 11.1 Å². The number of amides is 1. The molecule has 0 saturated carbocycles. The topological polar surface area (TPSA) is 65.4 Å². The lowest BCUT2D eigenvalue weighted by Gasteiger charge is -2.47. The molecule has 31 heavy (non-hydrogen) atoms. The molecule has 1 aliphatic rings. The first-order chi connectivity index (χ1) is 14.7. The second-order valence-electron chi connectivity index (χ2n) is 8.78. The van der Waals surface area contributed by atoms with Gasteiger partial charge in [0.25, 0.3) is 5.91 Å². The number of carbonyl (C=O) groups excluding carboxylic acids is 1. The summed E-state index contributed by atoms with van der Waals surface area (Å²) in [7, 11) is 1.59. The van der Waals surface area contributed by atoms with Gasteiger partial charge in [0, 0.05) is 23.5 Å². The van der Waals surface area contributed by atoms with Crippen molar-refractivity contribution in [2.75, 3.05) is 23.9 Å². The zero-order valence-electron chi connectivity index (χ0n) is 19.2. The monoisotopic (exact) mass is 417 g/mol. The van der Waals surface area contributed by atoms with Crippen molar-refractivity contribution in [2.45, 2.75) is 52.5 Å². The number of fused-ring (bicyclic) bond motifs is 1. The molecule has 0 unspecified atom stereocenters. The predicted molar refractivity (Wildman–Crippen MR) is 127 cm³/mol. The number of rotatable bonds is 5. The van der Waals surface area contributed by atoms with Gasteiger partial charge in [-0.15, -0.1) is 0 Å². The molecule has 2 aromatic rings. The van der Waals surface area contributed by atoms with Crippen LogP contribution in [0.2, 0.25) is 0 Å². The van der Waals surface area contributed by atoms with Gasteiger partial charge in [0.05, 0.1) is 7.11 Å².